The molecule has 1 amide bonds. The number of halogens is 1. The number of hydrogen-bond acceptors (Lipinski definition) is 6. The number of sulfone groups is 1. The zero-order valence-corrected chi connectivity index (χ0v) is 17.5. The van der Waals surface area contributed by atoms with Crippen molar-refractivity contribution < 1.29 is 22.7 Å². The number of nitrogens with zero attached hydrogens (tertiary/aromatic N) is 1. The van der Waals surface area contributed by atoms with Crippen LogP contribution in [0.25, 0.3) is 0 Å². The van der Waals surface area contributed by atoms with Gasteiger partial charge in [-0.1, -0.05) is 12.7 Å². The largest absolute Gasteiger partial charge is 0.493 e. The first-order valence-corrected chi connectivity index (χ1v) is 10.7. The van der Waals surface area contributed by atoms with E-state index in [0.717, 1.165) is 13.0 Å². The number of nitrogens with one attached hydrogen (secondary N) is 1. The van der Waals surface area contributed by atoms with Crippen LogP contribution in [0.1, 0.15) is 13.3 Å². The van der Waals surface area contributed by atoms with E-state index in [1.807, 2.05) is 0 Å². The Balaban J connectivity index is 0.00000280. The van der Waals surface area contributed by atoms with Crippen molar-refractivity contribution in [1.29, 1.82) is 0 Å². The van der Waals surface area contributed by atoms with Gasteiger partial charge in [0.25, 0.3) is 0 Å². The number of ether oxygens (including phenoxy) is 2. The molecular formula is C19H27ClN2O5S. The maximum atomic E-state index is 12.7. The fourth-order valence-electron chi connectivity index (χ4n) is 3.30. The molecule has 0 unspecified atom stereocenters. The lowest BCUT2D eigenvalue weighted by Gasteiger charge is -2.37. The second-order valence-electron chi connectivity index (χ2n) is 7.13. The highest BCUT2D eigenvalue weighted by atomic mass is 35.5. The van der Waals surface area contributed by atoms with Crippen LogP contribution in [0.4, 0.5) is 4.79 Å². The highest BCUT2D eigenvalue weighted by Crippen LogP contribution is 2.26. The van der Waals surface area contributed by atoms with Crippen LogP contribution in [0.2, 0.25) is 0 Å². The Hall–Kier alpha value is -1.77. The normalized spacial score (nSPS) is 22.1. The van der Waals surface area contributed by atoms with E-state index in [1.165, 1.54) is 11.0 Å². The molecule has 0 saturated carbocycles. The van der Waals surface area contributed by atoms with Gasteiger partial charge in [-0.2, -0.15) is 0 Å². The lowest BCUT2D eigenvalue weighted by atomic mass is 10.1. The van der Waals surface area contributed by atoms with Crippen LogP contribution in [0, 0.1) is 5.92 Å². The first kappa shape index (κ1) is 22.5. The summed E-state index contributed by atoms with van der Waals surface area (Å²) in [6.07, 6.45) is 2.04. The number of hydrogen-bond donors (Lipinski definition) is 1. The van der Waals surface area contributed by atoms with E-state index in [1.54, 1.807) is 24.3 Å². The van der Waals surface area contributed by atoms with Crippen LogP contribution in [-0.4, -0.2) is 63.6 Å². The third kappa shape index (κ3) is 5.18. The molecule has 2 heterocycles. The van der Waals surface area contributed by atoms with Crippen molar-refractivity contribution in [2.75, 3.05) is 32.8 Å². The molecule has 0 radical (unpaired) electrons. The van der Waals surface area contributed by atoms with Gasteiger partial charge >= 0.3 is 6.09 Å². The lowest BCUT2D eigenvalue weighted by Crippen LogP contribution is -2.56. The molecule has 28 heavy (non-hydrogen) atoms. The molecule has 2 aliphatic rings. The van der Waals surface area contributed by atoms with Gasteiger partial charge in [-0.15, -0.1) is 12.4 Å². The smallest absolute Gasteiger partial charge is 0.410 e. The second kappa shape index (κ2) is 9.62. The van der Waals surface area contributed by atoms with E-state index in [4.69, 9.17) is 9.47 Å². The zero-order chi connectivity index (χ0) is 19.4. The molecule has 2 saturated heterocycles. The minimum absolute atomic E-state index is 0. The van der Waals surface area contributed by atoms with Crippen LogP contribution < -0.4 is 10.1 Å². The summed E-state index contributed by atoms with van der Waals surface area (Å²) in [4.78, 5) is 13.3. The summed E-state index contributed by atoms with van der Waals surface area (Å²) in [5, 5.41) is 2.78. The summed E-state index contributed by atoms with van der Waals surface area (Å²) in [6, 6.07) is 7.03. The highest BCUT2D eigenvalue weighted by Gasteiger charge is 2.41. The molecule has 3 rings (SSSR count). The Kier molecular flexibility index (Phi) is 7.74. The molecule has 7 nitrogen and oxygen atoms in total. The third-order valence-corrected chi connectivity index (χ3v) is 7.05. The molecule has 1 aromatic carbocycles. The highest BCUT2D eigenvalue weighted by molar-refractivity contribution is 7.92. The predicted octanol–water partition coefficient (Wildman–Crippen LogP) is 2.27. The monoisotopic (exact) mass is 430 g/mol. The van der Waals surface area contributed by atoms with Crippen molar-refractivity contribution in [2.24, 2.45) is 5.92 Å². The average Bonchev–Trinajstić information content (AvgIpc) is 3.02. The Morgan fingerprint density at radius 2 is 2.00 bits per heavy atom. The Morgan fingerprint density at radius 1 is 1.32 bits per heavy atom. The number of carbonyl (C=O) groups is 1. The summed E-state index contributed by atoms with van der Waals surface area (Å²) >= 11 is 0. The Morgan fingerprint density at radius 3 is 2.57 bits per heavy atom. The van der Waals surface area contributed by atoms with Crippen LogP contribution in [0.15, 0.2) is 41.8 Å². The van der Waals surface area contributed by atoms with Gasteiger partial charge in [-0.3, -0.25) is 0 Å². The summed E-state index contributed by atoms with van der Waals surface area (Å²) in [5.74, 6) is 1.14. The van der Waals surface area contributed by atoms with Gasteiger partial charge in [-0.05, 0) is 37.6 Å². The molecular weight excluding hydrogens is 404 g/mol. The topological polar surface area (TPSA) is 84.9 Å². The van der Waals surface area contributed by atoms with Gasteiger partial charge in [0.2, 0.25) is 0 Å². The summed E-state index contributed by atoms with van der Waals surface area (Å²) < 4.78 is 36.0. The van der Waals surface area contributed by atoms with E-state index < -0.39 is 21.2 Å². The van der Waals surface area contributed by atoms with Crippen molar-refractivity contribution >= 4 is 28.3 Å². The molecule has 0 spiro atoms. The van der Waals surface area contributed by atoms with Gasteiger partial charge in [-0.25, -0.2) is 13.2 Å². The number of amides is 1. The SMILES string of the molecule is C=CCOC(=O)N1CC(S(=O)(=O)c2ccc(OC[C@@H]3CN[C@H](C)C3)cc2)C1.Cl. The van der Waals surface area contributed by atoms with Gasteiger partial charge in [0, 0.05) is 31.6 Å². The minimum atomic E-state index is -3.48. The third-order valence-electron chi connectivity index (χ3n) is 4.95. The number of rotatable bonds is 7. The van der Waals surface area contributed by atoms with Crippen LogP contribution in [0.5, 0.6) is 5.75 Å². The van der Waals surface area contributed by atoms with E-state index in [0.29, 0.717) is 24.3 Å². The van der Waals surface area contributed by atoms with Crippen molar-refractivity contribution in [3.8, 4) is 5.75 Å². The maximum absolute atomic E-state index is 12.7. The van der Waals surface area contributed by atoms with Crippen molar-refractivity contribution in [3.63, 3.8) is 0 Å². The second-order valence-corrected chi connectivity index (χ2v) is 9.36. The van der Waals surface area contributed by atoms with Gasteiger partial charge in [0.05, 0.1) is 11.5 Å². The van der Waals surface area contributed by atoms with Crippen LogP contribution in [-0.2, 0) is 14.6 Å². The zero-order valence-electron chi connectivity index (χ0n) is 15.9. The quantitative estimate of drug-likeness (QED) is 0.668. The molecule has 0 aliphatic carbocycles. The number of carbonyl (C=O) groups excluding carboxylic acids is 1. The van der Waals surface area contributed by atoms with Crippen molar-refractivity contribution in [1.82, 2.24) is 10.2 Å². The van der Waals surface area contributed by atoms with E-state index in [2.05, 4.69) is 18.8 Å². The molecule has 2 fully saturated rings. The summed E-state index contributed by atoms with van der Waals surface area (Å²) in [5.41, 5.74) is 0. The van der Waals surface area contributed by atoms with E-state index >= 15 is 0 Å². The molecule has 9 heteroatoms. The molecule has 1 N–H and O–H groups in total. The fraction of sp³-hybridized carbons (Fsp3) is 0.526. The van der Waals surface area contributed by atoms with Crippen molar-refractivity contribution in [2.45, 2.75) is 29.5 Å². The molecule has 2 aliphatic heterocycles. The first-order chi connectivity index (χ1) is 12.9. The van der Waals surface area contributed by atoms with E-state index in [9.17, 15) is 13.2 Å². The lowest BCUT2D eigenvalue weighted by molar-refractivity contribution is 0.0908. The molecule has 156 valence electrons. The fourth-order valence-corrected chi connectivity index (χ4v) is 4.95. The molecule has 1 aromatic rings. The molecule has 2 atom stereocenters. The maximum Gasteiger partial charge on any atom is 0.410 e. The number of benzene rings is 1. The summed E-state index contributed by atoms with van der Waals surface area (Å²) in [6.45, 7) is 7.59. The Labute approximate surface area is 172 Å². The first-order valence-electron chi connectivity index (χ1n) is 9.13. The van der Waals surface area contributed by atoms with Gasteiger partial charge in [0.15, 0.2) is 9.84 Å². The van der Waals surface area contributed by atoms with E-state index in [-0.39, 0.29) is 37.0 Å². The Bertz CT molecular complexity index is 778. The molecule has 0 aromatic heterocycles. The van der Waals surface area contributed by atoms with Crippen LogP contribution >= 0.6 is 12.4 Å². The standard InChI is InChI=1S/C19H26N2O5S.ClH/c1-3-8-25-19(22)21-11-18(12-21)27(23,24)17-6-4-16(5-7-17)26-13-15-9-14(2)20-10-15;/h3-7,14-15,18,20H,1,8-13H2,2H3;1H/t14-,15+;/m1./s1. The average molecular weight is 431 g/mol. The van der Waals surface area contributed by atoms with Gasteiger partial charge in [0.1, 0.15) is 17.6 Å². The van der Waals surface area contributed by atoms with Crippen molar-refractivity contribution in [3.05, 3.63) is 36.9 Å². The van der Waals surface area contributed by atoms with Gasteiger partial charge < -0.3 is 19.7 Å². The molecule has 0 bridgehead atoms. The predicted molar refractivity (Wildman–Crippen MR) is 109 cm³/mol. The van der Waals surface area contributed by atoms with Crippen LogP contribution in [0.3, 0.4) is 0 Å². The number of likely N-dealkylation sites (tertiary alicyclic amines) is 1. The minimum Gasteiger partial charge on any atom is -0.493 e. The summed E-state index contributed by atoms with van der Waals surface area (Å²) in [7, 11) is -3.48.